The molecule has 1 amide bonds. The Morgan fingerprint density at radius 1 is 1.12 bits per heavy atom. The van der Waals surface area contributed by atoms with Crippen LogP contribution in [0.1, 0.15) is 44.7 Å². The highest BCUT2D eigenvalue weighted by Crippen LogP contribution is 2.45. The lowest BCUT2D eigenvalue weighted by molar-refractivity contribution is 0.0951. The maximum absolute atomic E-state index is 12.3. The lowest BCUT2D eigenvalue weighted by Gasteiger charge is -2.10. The molecule has 0 aliphatic carbocycles. The maximum atomic E-state index is 12.3. The third kappa shape index (κ3) is 4.35. The molecule has 126 valence electrons. The average Bonchev–Trinajstić information content (AvgIpc) is 3.15. The van der Waals surface area contributed by atoms with Crippen LogP contribution in [0, 0.1) is 0 Å². The minimum absolute atomic E-state index is 0.0621. The van der Waals surface area contributed by atoms with E-state index in [1.165, 1.54) is 17.1 Å². The predicted molar refractivity (Wildman–Crippen MR) is 102 cm³/mol. The number of thioether (sulfide) groups is 2. The van der Waals surface area contributed by atoms with Crippen LogP contribution in [0.3, 0.4) is 0 Å². The summed E-state index contributed by atoms with van der Waals surface area (Å²) < 4.78 is 0.509. The molecule has 1 heterocycles. The van der Waals surface area contributed by atoms with Crippen LogP contribution in [0.15, 0.2) is 48.5 Å². The first-order chi connectivity index (χ1) is 11.6. The van der Waals surface area contributed by atoms with Crippen molar-refractivity contribution in [1.82, 2.24) is 5.32 Å². The monoisotopic (exact) mass is 359 g/mol. The predicted octanol–water partition coefficient (Wildman–Crippen LogP) is 4.15. The van der Waals surface area contributed by atoms with Gasteiger partial charge < -0.3 is 10.4 Å². The molecule has 2 aromatic carbocycles. The molecule has 0 radical (unpaired) electrons. The lowest BCUT2D eigenvalue weighted by atomic mass is 10.1. The molecule has 1 aliphatic heterocycles. The minimum atomic E-state index is -0.469. The zero-order chi connectivity index (χ0) is 16.9. The van der Waals surface area contributed by atoms with E-state index < -0.39 is 6.10 Å². The summed E-state index contributed by atoms with van der Waals surface area (Å²) in [7, 11) is 0. The van der Waals surface area contributed by atoms with E-state index in [4.69, 9.17) is 0 Å². The fourth-order valence-electron chi connectivity index (χ4n) is 2.54. The first-order valence-electron chi connectivity index (χ1n) is 8.02. The number of nitrogens with one attached hydrogen (secondary N) is 1. The number of carbonyl (C=O) groups is 1. The molecule has 1 aliphatic rings. The summed E-state index contributed by atoms with van der Waals surface area (Å²) in [6, 6.07) is 15.6. The van der Waals surface area contributed by atoms with Crippen molar-refractivity contribution in [3.8, 4) is 0 Å². The van der Waals surface area contributed by atoms with Crippen LogP contribution in [-0.4, -0.2) is 22.5 Å². The van der Waals surface area contributed by atoms with E-state index >= 15 is 0 Å². The van der Waals surface area contributed by atoms with Gasteiger partial charge in [-0.15, -0.1) is 23.5 Å². The number of amides is 1. The molecule has 0 saturated carbocycles. The summed E-state index contributed by atoms with van der Waals surface area (Å²) in [5.74, 6) is 2.34. The van der Waals surface area contributed by atoms with E-state index in [2.05, 4.69) is 17.4 Å². The van der Waals surface area contributed by atoms with Crippen molar-refractivity contribution in [2.24, 2.45) is 0 Å². The first kappa shape index (κ1) is 17.4. The van der Waals surface area contributed by atoms with E-state index in [9.17, 15) is 9.90 Å². The van der Waals surface area contributed by atoms with Gasteiger partial charge in [-0.2, -0.15) is 0 Å². The zero-order valence-electron chi connectivity index (χ0n) is 13.6. The molecule has 1 fully saturated rings. The molecule has 0 aromatic heterocycles. The summed E-state index contributed by atoms with van der Waals surface area (Å²) in [5.41, 5.74) is 3.87. The van der Waals surface area contributed by atoms with E-state index in [0.29, 0.717) is 16.7 Å². The summed E-state index contributed by atoms with van der Waals surface area (Å²) in [5, 5.41) is 12.5. The van der Waals surface area contributed by atoms with Gasteiger partial charge in [0.15, 0.2) is 0 Å². The number of carbonyl (C=O) groups excluding carboxylic acids is 1. The van der Waals surface area contributed by atoms with Crippen LogP contribution in [0.25, 0.3) is 0 Å². The second-order valence-electron chi connectivity index (χ2n) is 5.80. The number of rotatable bonds is 5. The second kappa shape index (κ2) is 8.10. The molecule has 2 aromatic rings. The van der Waals surface area contributed by atoms with Gasteiger partial charge >= 0.3 is 0 Å². The molecule has 1 saturated heterocycles. The van der Waals surface area contributed by atoms with Crippen molar-refractivity contribution in [2.75, 3.05) is 11.5 Å². The van der Waals surface area contributed by atoms with Gasteiger partial charge in [-0.1, -0.05) is 36.4 Å². The summed E-state index contributed by atoms with van der Waals surface area (Å²) in [4.78, 5) is 12.3. The Hall–Kier alpha value is -1.43. The van der Waals surface area contributed by atoms with Gasteiger partial charge in [0.1, 0.15) is 0 Å². The highest BCUT2D eigenvalue weighted by Gasteiger charge is 2.18. The molecule has 3 rings (SSSR count). The molecule has 1 atom stereocenters. The molecular weight excluding hydrogens is 338 g/mol. The van der Waals surface area contributed by atoms with Crippen molar-refractivity contribution in [3.63, 3.8) is 0 Å². The molecule has 3 nitrogen and oxygen atoms in total. The van der Waals surface area contributed by atoms with Crippen LogP contribution in [0.4, 0.5) is 0 Å². The normalized spacial score (nSPS) is 16.1. The lowest BCUT2D eigenvalue weighted by Crippen LogP contribution is -2.22. The quantitative estimate of drug-likeness (QED) is 0.842. The topological polar surface area (TPSA) is 49.3 Å². The number of aliphatic hydroxyl groups excluding tert-OH is 1. The Kier molecular flexibility index (Phi) is 5.87. The average molecular weight is 360 g/mol. The Bertz CT molecular complexity index is 678. The smallest absolute Gasteiger partial charge is 0.251 e. The van der Waals surface area contributed by atoms with Crippen LogP contribution >= 0.6 is 23.5 Å². The van der Waals surface area contributed by atoms with Crippen molar-refractivity contribution in [1.29, 1.82) is 0 Å². The second-order valence-corrected chi connectivity index (χ2v) is 8.52. The largest absolute Gasteiger partial charge is 0.389 e. The van der Waals surface area contributed by atoms with Crippen molar-refractivity contribution in [2.45, 2.75) is 24.2 Å². The molecule has 2 N–H and O–H groups in total. The van der Waals surface area contributed by atoms with E-state index in [1.54, 1.807) is 6.92 Å². The van der Waals surface area contributed by atoms with Crippen LogP contribution in [0.2, 0.25) is 0 Å². The van der Waals surface area contributed by atoms with Crippen molar-refractivity contribution >= 4 is 29.4 Å². The molecule has 0 spiro atoms. The number of hydrogen-bond acceptors (Lipinski definition) is 4. The molecule has 1 unspecified atom stereocenters. The van der Waals surface area contributed by atoms with Gasteiger partial charge in [0, 0.05) is 23.6 Å². The van der Waals surface area contributed by atoms with Gasteiger partial charge in [0.25, 0.3) is 5.91 Å². The van der Waals surface area contributed by atoms with Gasteiger partial charge in [-0.25, -0.2) is 0 Å². The van der Waals surface area contributed by atoms with Crippen molar-refractivity contribution < 1.29 is 9.90 Å². The van der Waals surface area contributed by atoms with E-state index in [-0.39, 0.29) is 5.91 Å². The summed E-state index contributed by atoms with van der Waals surface area (Å²) in [6.07, 6.45) is -0.469. The fraction of sp³-hybridized carbons (Fsp3) is 0.316. The van der Waals surface area contributed by atoms with Crippen LogP contribution in [-0.2, 0) is 6.54 Å². The van der Waals surface area contributed by atoms with Crippen LogP contribution < -0.4 is 5.32 Å². The minimum Gasteiger partial charge on any atom is -0.389 e. The number of aliphatic hydroxyl groups is 1. The third-order valence-electron chi connectivity index (χ3n) is 3.98. The van der Waals surface area contributed by atoms with Crippen molar-refractivity contribution in [3.05, 3.63) is 70.8 Å². The van der Waals surface area contributed by atoms with Crippen LogP contribution in [0.5, 0.6) is 0 Å². The third-order valence-corrected chi connectivity index (χ3v) is 7.09. The Labute approximate surface area is 151 Å². The maximum Gasteiger partial charge on any atom is 0.251 e. The number of hydrogen-bond donors (Lipinski definition) is 2. The molecule has 24 heavy (non-hydrogen) atoms. The Morgan fingerprint density at radius 3 is 2.33 bits per heavy atom. The van der Waals surface area contributed by atoms with Gasteiger partial charge in [0.2, 0.25) is 0 Å². The van der Waals surface area contributed by atoms with E-state index in [1.807, 2.05) is 59.9 Å². The summed E-state index contributed by atoms with van der Waals surface area (Å²) >= 11 is 3.93. The molecule has 5 heteroatoms. The van der Waals surface area contributed by atoms with Gasteiger partial charge in [0.05, 0.1) is 10.7 Å². The fourth-order valence-corrected chi connectivity index (χ4v) is 5.40. The number of benzene rings is 2. The SMILES string of the molecule is CC(O)c1ccc(CNC(=O)c2ccc(C3SCCS3)cc2)cc1. The summed E-state index contributed by atoms with van der Waals surface area (Å²) in [6.45, 7) is 2.22. The molecular formula is C19H21NO2S2. The highest BCUT2D eigenvalue weighted by molar-refractivity contribution is 8.19. The van der Waals surface area contributed by atoms with Gasteiger partial charge in [-0.05, 0) is 35.7 Å². The zero-order valence-corrected chi connectivity index (χ0v) is 15.2. The molecule has 0 bridgehead atoms. The van der Waals surface area contributed by atoms with E-state index in [0.717, 1.165) is 11.1 Å². The standard InChI is InChI=1S/C19H21NO2S2/c1-13(21)15-4-2-14(3-5-15)12-20-18(22)16-6-8-17(9-7-16)19-23-10-11-24-19/h2-9,13,19,21H,10-12H2,1H3,(H,20,22). The first-order valence-corrected chi connectivity index (χ1v) is 10.1. The Balaban J connectivity index is 1.56. The Morgan fingerprint density at radius 2 is 1.75 bits per heavy atom. The highest BCUT2D eigenvalue weighted by atomic mass is 32.2. The van der Waals surface area contributed by atoms with Gasteiger partial charge in [-0.3, -0.25) is 4.79 Å².